The van der Waals surface area contributed by atoms with Gasteiger partial charge in [-0.15, -0.1) is 0 Å². The number of carbonyl (C=O) groups is 1. The number of aromatic nitrogens is 1. The van der Waals surface area contributed by atoms with Crippen molar-refractivity contribution in [1.29, 1.82) is 0 Å². The lowest BCUT2D eigenvalue weighted by molar-refractivity contribution is -0.147. The maximum Gasteiger partial charge on any atom is 0.376 e. The quantitative estimate of drug-likeness (QED) is 0.191. The maximum absolute atomic E-state index is 15.2. The number of unbranched alkanes of at least 4 members (excludes halogenated alkanes) is 1. The van der Waals surface area contributed by atoms with Crippen molar-refractivity contribution in [3.63, 3.8) is 0 Å². The highest BCUT2D eigenvalue weighted by atomic mass is 31.2. The molecule has 1 heterocycles. The SMILES string of the molecule is CCCCC(=O)OC(c1cccnc1)P(=O)(OC1CC(C(C)C)CCC1C)OC1CC(C(C)C)CCC1C. The van der Waals surface area contributed by atoms with Gasteiger partial charge in [0.15, 0.2) is 0 Å². The van der Waals surface area contributed by atoms with Crippen LogP contribution in [0, 0.1) is 35.5 Å². The van der Waals surface area contributed by atoms with E-state index in [1.807, 2.05) is 13.0 Å². The fraction of sp³-hybridized carbons (Fsp3) is 0.806. The summed E-state index contributed by atoms with van der Waals surface area (Å²) >= 11 is 0. The first-order valence-corrected chi connectivity index (χ1v) is 16.7. The second kappa shape index (κ2) is 14.4. The Morgan fingerprint density at radius 1 is 0.974 bits per heavy atom. The Balaban J connectivity index is 1.99. The van der Waals surface area contributed by atoms with Gasteiger partial charge >= 0.3 is 13.6 Å². The van der Waals surface area contributed by atoms with Crippen LogP contribution in [0.3, 0.4) is 0 Å². The van der Waals surface area contributed by atoms with Crippen molar-refractivity contribution in [1.82, 2.24) is 4.98 Å². The molecule has 216 valence electrons. The lowest BCUT2D eigenvalue weighted by Gasteiger charge is -2.42. The molecule has 1 aromatic heterocycles. The average molecular weight is 550 g/mol. The Morgan fingerprint density at radius 3 is 1.97 bits per heavy atom. The highest BCUT2D eigenvalue weighted by molar-refractivity contribution is 7.54. The maximum atomic E-state index is 15.2. The number of nitrogens with zero attached hydrogens (tertiary/aromatic N) is 1. The molecular formula is C31H52NO5P. The van der Waals surface area contributed by atoms with E-state index in [1.54, 1.807) is 18.5 Å². The van der Waals surface area contributed by atoms with Crippen molar-refractivity contribution in [2.75, 3.05) is 0 Å². The Morgan fingerprint density at radius 2 is 1.53 bits per heavy atom. The number of carbonyl (C=O) groups excluding carboxylic acids is 1. The van der Waals surface area contributed by atoms with Gasteiger partial charge in [-0.3, -0.25) is 14.3 Å². The molecule has 7 unspecified atom stereocenters. The van der Waals surface area contributed by atoms with Gasteiger partial charge in [0.25, 0.3) is 0 Å². The van der Waals surface area contributed by atoms with Crippen LogP contribution in [0.5, 0.6) is 0 Å². The van der Waals surface area contributed by atoms with Crippen LogP contribution in [-0.2, 0) is 23.1 Å². The molecule has 3 rings (SSSR count). The molecule has 2 fully saturated rings. The Labute approximate surface area is 231 Å². The second-order valence-corrected chi connectivity index (χ2v) is 14.6. The summed E-state index contributed by atoms with van der Waals surface area (Å²) in [5, 5.41) is 0. The number of hydrogen-bond acceptors (Lipinski definition) is 6. The predicted octanol–water partition coefficient (Wildman–Crippen LogP) is 8.96. The molecular weight excluding hydrogens is 497 g/mol. The van der Waals surface area contributed by atoms with E-state index in [9.17, 15) is 4.79 Å². The summed E-state index contributed by atoms with van der Waals surface area (Å²) in [6.45, 7) is 15.4. The first-order valence-electron chi connectivity index (χ1n) is 15.1. The topological polar surface area (TPSA) is 74.7 Å². The zero-order valence-corrected chi connectivity index (χ0v) is 25.7. The van der Waals surface area contributed by atoms with E-state index in [-0.39, 0.29) is 36.4 Å². The molecule has 0 bridgehead atoms. The van der Waals surface area contributed by atoms with Crippen LogP contribution in [0.4, 0.5) is 0 Å². The van der Waals surface area contributed by atoms with Crippen molar-refractivity contribution in [3.05, 3.63) is 30.1 Å². The summed E-state index contributed by atoms with van der Waals surface area (Å²) in [6.07, 6.45) is 10.8. The van der Waals surface area contributed by atoms with Gasteiger partial charge in [-0.2, -0.15) is 0 Å². The van der Waals surface area contributed by atoms with E-state index in [0.717, 1.165) is 51.4 Å². The molecule has 0 amide bonds. The van der Waals surface area contributed by atoms with E-state index >= 15 is 4.57 Å². The van der Waals surface area contributed by atoms with Gasteiger partial charge in [-0.05, 0) is 86.5 Å². The lowest BCUT2D eigenvalue weighted by atomic mass is 9.76. The van der Waals surface area contributed by atoms with Crippen LogP contribution in [0.1, 0.15) is 118 Å². The minimum Gasteiger partial charge on any atom is -0.444 e. The van der Waals surface area contributed by atoms with Crippen LogP contribution in [0.2, 0.25) is 0 Å². The zero-order valence-electron chi connectivity index (χ0n) is 24.8. The van der Waals surface area contributed by atoms with E-state index in [4.69, 9.17) is 13.8 Å². The third-order valence-electron chi connectivity index (χ3n) is 9.01. The Kier molecular flexibility index (Phi) is 11.9. The van der Waals surface area contributed by atoms with Crippen LogP contribution in [-0.4, -0.2) is 23.2 Å². The fourth-order valence-electron chi connectivity index (χ4n) is 5.98. The number of pyridine rings is 1. The molecule has 0 aliphatic heterocycles. The van der Waals surface area contributed by atoms with Gasteiger partial charge in [0.05, 0.1) is 12.2 Å². The average Bonchev–Trinajstić information content (AvgIpc) is 2.88. The molecule has 0 aromatic carbocycles. The van der Waals surface area contributed by atoms with Crippen molar-refractivity contribution in [2.24, 2.45) is 35.5 Å². The number of esters is 1. The Hall–Kier alpha value is -1.23. The predicted molar refractivity (Wildman–Crippen MR) is 153 cm³/mol. The minimum absolute atomic E-state index is 0.213. The standard InChI is InChI=1S/C31H52NO5P/c1-8-9-12-30(33)35-31(27-11-10-17-32-20-27)38(34,36-28-18-25(21(2)3)15-13-23(28)6)37-29-19-26(22(4)5)16-14-24(29)7/h10-11,17,20-26,28-29,31H,8-9,12-16,18-19H2,1-7H3. The van der Waals surface area contributed by atoms with Gasteiger partial charge < -0.3 is 13.8 Å². The van der Waals surface area contributed by atoms with Crippen LogP contribution in [0.25, 0.3) is 0 Å². The van der Waals surface area contributed by atoms with E-state index in [1.165, 1.54) is 0 Å². The number of rotatable bonds is 12. The molecule has 0 saturated heterocycles. The first-order chi connectivity index (χ1) is 18.0. The van der Waals surface area contributed by atoms with E-state index < -0.39 is 13.4 Å². The number of ether oxygens (including phenoxy) is 1. The smallest absolute Gasteiger partial charge is 0.376 e. The van der Waals surface area contributed by atoms with Crippen molar-refractivity contribution >= 4 is 13.6 Å². The highest BCUT2D eigenvalue weighted by Crippen LogP contribution is 2.65. The third-order valence-corrected chi connectivity index (χ3v) is 11.1. The van der Waals surface area contributed by atoms with Crippen LogP contribution >= 0.6 is 7.60 Å². The largest absolute Gasteiger partial charge is 0.444 e. The molecule has 0 radical (unpaired) electrons. The normalized spacial score (nSPS) is 30.7. The second-order valence-electron chi connectivity index (χ2n) is 12.6. The van der Waals surface area contributed by atoms with Gasteiger partial charge in [-0.25, -0.2) is 0 Å². The molecule has 38 heavy (non-hydrogen) atoms. The lowest BCUT2D eigenvalue weighted by Crippen LogP contribution is -2.35. The van der Waals surface area contributed by atoms with Crippen molar-refractivity contribution in [2.45, 2.75) is 124 Å². The highest BCUT2D eigenvalue weighted by Gasteiger charge is 2.48. The summed E-state index contributed by atoms with van der Waals surface area (Å²) in [7, 11) is -3.95. The molecule has 2 aliphatic carbocycles. The first kappa shape index (κ1) is 31.3. The van der Waals surface area contributed by atoms with Gasteiger partial charge in [0.1, 0.15) is 0 Å². The van der Waals surface area contributed by atoms with Crippen molar-refractivity contribution < 1.29 is 23.1 Å². The molecule has 0 spiro atoms. The molecule has 2 saturated carbocycles. The van der Waals surface area contributed by atoms with E-state index in [0.29, 0.717) is 29.2 Å². The summed E-state index contributed by atoms with van der Waals surface area (Å²) in [5.74, 6) is 1.07. The monoisotopic (exact) mass is 549 g/mol. The van der Waals surface area contributed by atoms with Crippen LogP contribution in [0.15, 0.2) is 24.5 Å². The molecule has 0 N–H and O–H groups in total. The summed E-state index contributed by atoms with van der Waals surface area (Å²) in [4.78, 5) is 17.2. The molecule has 2 aliphatic rings. The van der Waals surface area contributed by atoms with Gasteiger partial charge in [0, 0.05) is 24.4 Å². The number of hydrogen-bond donors (Lipinski definition) is 0. The van der Waals surface area contributed by atoms with Crippen molar-refractivity contribution in [3.8, 4) is 0 Å². The summed E-state index contributed by atoms with van der Waals surface area (Å²) < 4.78 is 34.5. The molecule has 7 heteroatoms. The third kappa shape index (κ3) is 8.38. The molecule has 1 aromatic rings. The van der Waals surface area contributed by atoms with E-state index in [2.05, 4.69) is 46.5 Å². The van der Waals surface area contributed by atoms with Gasteiger partial charge in [0.2, 0.25) is 5.85 Å². The molecule has 7 atom stereocenters. The summed E-state index contributed by atoms with van der Waals surface area (Å²) in [5.41, 5.74) is 0.563. The van der Waals surface area contributed by atoms with Crippen LogP contribution < -0.4 is 0 Å². The zero-order chi connectivity index (χ0) is 27.9. The molecule has 6 nitrogen and oxygen atoms in total. The fourth-order valence-corrected chi connectivity index (χ4v) is 8.36. The minimum atomic E-state index is -3.95. The Bertz CT molecular complexity index is 869. The summed E-state index contributed by atoms with van der Waals surface area (Å²) in [6, 6.07) is 3.59. The van der Waals surface area contributed by atoms with Gasteiger partial charge in [-0.1, -0.05) is 61.0 Å².